The number of hydrogen-bond acceptors (Lipinski definition) is 6. The first-order chi connectivity index (χ1) is 5.99. The van der Waals surface area contributed by atoms with Crippen molar-refractivity contribution >= 4 is 11.8 Å². The van der Waals surface area contributed by atoms with Gasteiger partial charge in [0.15, 0.2) is 6.10 Å². The molecule has 0 amide bonds. The number of rotatable bonds is 2. The molecule has 1 aliphatic rings. The lowest BCUT2D eigenvalue weighted by Crippen LogP contribution is -2.39. The van der Waals surface area contributed by atoms with E-state index in [9.17, 15) is 9.59 Å². The average molecular weight is 190 g/mol. The molecule has 0 aliphatic carbocycles. The number of hydrogen-bond donors (Lipinski definition) is 1. The van der Waals surface area contributed by atoms with Gasteiger partial charge in [-0.05, 0) is 0 Å². The Morgan fingerprint density at radius 2 is 2.15 bits per heavy atom. The number of carbonyl (C=O) groups is 2. The van der Waals surface area contributed by atoms with Gasteiger partial charge in [0.05, 0.1) is 6.61 Å². The van der Waals surface area contributed by atoms with Crippen LogP contribution in [-0.4, -0.2) is 29.7 Å². The molecule has 1 rings (SSSR count). The molecule has 6 heteroatoms. The van der Waals surface area contributed by atoms with E-state index in [2.05, 4.69) is 14.7 Å². The first-order valence-corrected chi connectivity index (χ1v) is 3.67. The van der Waals surface area contributed by atoms with Crippen LogP contribution in [0.4, 0.5) is 0 Å². The summed E-state index contributed by atoms with van der Waals surface area (Å²) < 4.78 is 0. The van der Waals surface area contributed by atoms with E-state index in [0.29, 0.717) is 0 Å². The van der Waals surface area contributed by atoms with E-state index in [4.69, 9.17) is 5.26 Å². The third-order valence-electron chi connectivity index (χ3n) is 1.83. The summed E-state index contributed by atoms with van der Waals surface area (Å²) in [6.45, 7) is 3.61. The Morgan fingerprint density at radius 1 is 1.54 bits per heavy atom. The predicted molar refractivity (Wildman–Crippen MR) is 38.3 cm³/mol. The molecule has 1 N–H and O–H groups in total. The summed E-state index contributed by atoms with van der Waals surface area (Å²) in [4.78, 5) is 34.2. The van der Waals surface area contributed by atoms with Crippen molar-refractivity contribution in [3.8, 4) is 0 Å². The van der Waals surface area contributed by atoms with Crippen molar-refractivity contribution in [1.29, 1.82) is 0 Å². The molecule has 0 saturated carbocycles. The summed E-state index contributed by atoms with van der Waals surface area (Å²) in [5.74, 6) is -2.30. The zero-order valence-electron chi connectivity index (χ0n) is 7.27. The fourth-order valence-corrected chi connectivity index (χ4v) is 1.01. The fourth-order valence-electron chi connectivity index (χ4n) is 1.01. The van der Waals surface area contributed by atoms with Crippen molar-refractivity contribution in [2.45, 2.75) is 20.0 Å². The zero-order chi connectivity index (χ0) is 10.1. The van der Waals surface area contributed by atoms with Gasteiger partial charge >= 0.3 is 5.97 Å². The normalized spacial score (nSPS) is 25.6. The van der Waals surface area contributed by atoms with Gasteiger partial charge in [-0.25, -0.2) is 14.6 Å². The predicted octanol–water partition coefficient (Wildman–Crippen LogP) is -0.0717. The molecule has 6 nitrogen and oxygen atoms in total. The highest BCUT2D eigenvalue weighted by Crippen LogP contribution is 2.30. The third kappa shape index (κ3) is 1.85. The minimum Gasteiger partial charge on any atom is -0.292 e. The van der Waals surface area contributed by atoms with Crippen LogP contribution >= 0.6 is 0 Å². The van der Waals surface area contributed by atoms with Gasteiger partial charge < -0.3 is 0 Å². The molecule has 1 aliphatic heterocycles. The Kier molecular flexibility index (Phi) is 2.65. The van der Waals surface area contributed by atoms with Crippen molar-refractivity contribution in [2.75, 3.05) is 6.61 Å². The first kappa shape index (κ1) is 10.1. The van der Waals surface area contributed by atoms with Crippen molar-refractivity contribution < 1.29 is 29.5 Å². The molecule has 0 aromatic carbocycles. The van der Waals surface area contributed by atoms with Crippen LogP contribution in [0.1, 0.15) is 13.8 Å². The van der Waals surface area contributed by atoms with Crippen LogP contribution in [0.3, 0.4) is 0 Å². The van der Waals surface area contributed by atoms with Gasteiger partial charge in [-0.15, -0.1) is 0 Å². The molecule has 1 fully saturated rings. The molecule has 1 heterocycles. The second-order valence-electron chi connectivity index (χ2n) is 3.47. The monoisotopic (exact) mass is 190 g/mol. The Morgan fingerprint density at radius 3 is 2.54 bits per heavy atom. The van der Waals surface area contributed by atoms with Crippen LogP contribution in [-0.2, 0) is 24.3 Å². The van der Waals surface area contributed by atoms with Crippen LogP contribution in [0.2, 0.25) is 0 Å². The van der Waals surface area contributed by atoms with E-state index in [1.165, 1.54) is 0 Å². The Hall–Kier alpha value is -0.980. The average Bonchev–Trinajstić information content (AvgIpc) is 2.42. The largest absolute Gasteiger partial charge is 0.411 e. The lowest BCUT2D eigenvalue weighted by atomic mass is 9.86. The SMILES string of the molecule is CC1(C)COOC1C(=O)C(=O)OO. The van der Waals surface area contributed by atoms with E-state index in [1.54, 1.807) is 13.8 Å². The molecular weight excluding hydrogens is 180 g/mol. The summed E-state index contributed by atoms with van der Waals surface area (Å²) in [5, 5.41) is 7.97. The van der Waals surface area contributed by atoms with Gasteiger partial charge in [-0.1, -0.05) is 13.8 Å². The molecule has 1 saturated heterocycles. The van der Waals surface area contributed by atoms with Crippen molar-refractivity contribution in [3.63, 3.8) is 0 Å². The highest BCUT2D eigenvalue weighted by Gasteiger charge is 2.46. The van der Waals surface area contributed by atoms with Crippen molar-refractivity contribution in [3.05, 3.63) is 0 Å². The molecule has 1 unspecified atom stereocenters. The Labute approximate surface area is 74.2 Å². The van der Waals surface area contributed by atoms with Crippen molar-refractivity contribution in [2.24, 2.45) is 5.41 Å². The second-order valence-corrected chi connectivity index (χ2v) is 3.47. The lowest BCUT2D eigenvalue weighted by molar-refractivity contribution is -0.272. The van der Waals surface area contributed by atoms with E-state index < -0.39 is 23.3 Å². The Balaban J connectivity index is 2.72. The summed E-state index contributed by atoms with van der Waals surface area (Å²) in [6, 6.07) is 0. The lowest BCUT2D eigenvalue weighted by Gasteiger charge is -2.18. The minimum absolute atomic E-state index is 0.210. The molecule has 74 valence electrons. The topological polar surface area (TPSA) is 82.1 Å². The number of Topliss-reactive ketones (excluding diaryl/α,β-unsaturated/α-hetero) is 1. The van der Waals surface area contributed by atoms with Gasteiger partial charge in [0.1, 0.15) is 0 Å². The molecule has 0 spiro atoms. The smallest absolute Gasteiger partial charge is 0.292 e. The van der Waals surface area contributed by atoms with E-state index in [1.807, 2.05) is 0 Å². The van der Waals surface area contributed by atoms with Gasteiger partial charge in [0, 0.05) is 5.41 Å². The van der Waals surface area contributed by atoms with Gasteiger partial charge in [0.25, 0.3) is 5.78 Å². The molecule has 0 aromatic rings. The third-order valence-corrected chi connectivity index (χ3v) is 1.83. The van der Waals surface area contributed by atoms with Crippen LogP contribution in [0.25, 0.3) is 0 Å². The maximum absolute atomic E-state index is 11.2. The number of carbonyl (C=O) groups excluding carboxylic acids is 2. The molecule has 1 atom stereocenters. The minimum atomic E-state index is -1.34. The van der Waals surface area contributed by atoms with Crippen LogP contribution in [0.5, 0.6) is 0 Å². The highest BCUT2D eigenvalue weighted by atomic mass is 17.2. The van der Waals surface area contributed by atoms with E-state index in [0.717, 1.165) is 0 Å². The summed E-state index contributed by atoms with van der Waals surface area (Å²) in [7, 11) is 0. The Bertz CT molecular complexity index is 233. The molecule has 13 heavy (non-hydrogen) atoms. The van der Waals surface area contributed by atoms with Gasteiger partial charge in [0.2, 0.25) is 0 Å². The quantitative estimate of drug-likeness (QED) is 0.373. The van der Waals surface area contributed by atoms with Crippen LogP contribution in [0.15, 0.2) is 0 Å². The maximum atomic E-state index is 11.2. The first-order valence-electron chi connectivity index (χ1n) is 3.67. The highest BCUT2D eigenvalue weighted by molar-refractivity contribution is 6.35. The molecule has 0 bridgehead atoms. The van der Waals surface area contributed by atoms with Gasteiger partial charge in [-0.3, -0.25) is 9.68 Å². The standard InChI is InChI=1S/C7H10O6/c1-7(2)3-11-13-5(7)4(8)6(9)12-10/h5,10H,3H2,1-2H3. The van der Waals surface area contributed by atoms with E-state index >= 15 is 0 Å². The van der Waals surface area contributed by atoms with Gasteiger partial charge in [-0.2, -0.15) is 5.26 Å². The molecule has 0 aromatic heterocycles. The summed E-state index contributed by atoms with van der Waals surface area (Å²) >= 11 is 0. The van der Waals surface area contributed by atoms with Crippen LogP contribution < -0.4 is 0 Å². The fraction of sp³-hybridized carbons (Fsp3) is 0.714. The second kappa shape index (κ2) is 3.41. The number of ketones is 1. The molecular formula is C7H10O6. The molecule has 0 radical (unpaired) electrons. The summed E-state index contributed by atoms with van der Waals surface area (Å²) in [5.41, 5.74) is -0.592. The maximum Gasteiger partial charge on any atom is 0.411 e. The summed E-state index contributed by atoms with van der Waals surface area (Å²) in [6.07, 6.45) is -1.02. The zero-order valence-corrected chi connectivity index (χ0v) is 7.27. The van der Waals surface area contributed by atoms with Crippen LogP contribution in [0, 0.1) is 5.41 Å². The van der Waals surface area contributed by atoms with E-state index in [-0.39, 0.29) is 6.61 Å². The van der Waals surface area contributed by atoms with Crippen molar-refractivity contribution in [1.82, 2.24) is 0 Å².